The number of ether oxygens (including phenoxy) is 2. The van der Waals surface area contributed by atoms with Gasteiger partial charge in [0.15, 0.2) is 6.61 Å². The van der Waals surface area contributed by atoms with Gasteiger partial charge in [-0.2, -0.15) is 0 Å². The van der Waals surface area contributed by atoms with Crippen LogP contribution in [0.2, 0.25) is 0 Å². The van der Waals surface area contributed by atoms with E-state index in [1.54, 1.807) is 55.5 Å². The number of carbonyl (C=O) groups is 1. The number of para-hydroxylation sites is 2. The number of carbonyl (C=O) groups excluding carboxylic acids is 1. The molecule has 0 aliphatic carbocycles. The first-order valence-corrected chi connectivity index (χ1v) is 10.5. The van der Waals surface area contributed by atoms with Gasteiger partial charge in [-0.25, -0.2) is 13.2 Å². The second-order valence-corrected chi connectivity index (χ2v) is 7.91. The maximum atomic E-state index is 13.0. The van der Waals surface area contributed by atoms with Crippen LogP contribution in [-0.4, -0.2) is 27.5 Å². The van der Waals surface area contributed by atoms with E-state index in [9.17, 15) is 13.2 Å². The fourth-order valence-electron chi connectivity index (χ4n) is 2.71. The first-order chi connectivity index (χ1) is 14.0. The Labute approximate surface area is 170 Å². The highest BCUT2D eigenvalue weighted by molar-refractivity contribution is 7.92. The molecule has 0 spiro atoms. The number of sulfonamides is 1. The van der Waals surface area contributed by atoms with Gasteiger partial charge in [-0.1, -0.05) is 36.4 Å². The van der Waals surface area contributed by atoms with Crippen LogP contribution in [0.25, 0.3) is 0 Å². The van der Waals surface area contributed by atoms with Gasteiger partial charge in [0.05, 0.1) is 10.6 Å². The maximum absolute atomic E-state index is 13.0. The van der Waals surface area contributed by atoms with Gasteiger partial charge in [0.2, 0.25) is 0 Å². The molecule has 0 radical (unpaired) electrons. The summed E-state index contributed by atoms with van der Waals surface area (Å²) in [5, 5.41) is 0. The summed E-state index contributed by atoms with van der Waals surface area (Å²) in [4.78, 5) is 12.0. The summed E-state index contributed by atoms with van der Waals surface area (Å²) in [6, 6.07) is 23.5. The summed E-state index contributed by atoms with van der Waals surface area (Å²) in [6.07, 6.45) is 0. The molecule has 0 aliphatic rings. The molecule has 3 rings (SSSR count). The predicted octanol–water partition coefficient (Wildman–Crippen LogP) is 3.89. The van der Waals surface area contributed by atoms with Crippen LogP contribution in [0.1, 0.15) is 6.92 Å². The summed E-state index contributed by atoms with van der Waals surface area (Å²) >= 11 is 0. The third-order valence-electron chi connectivity index (χ3n) is 4.07. The van der Waals surface area contributed by atoms with Crippen LogP contribution < -0.4 is 13.8 Å². The van der Waals surface area contributed by atoms with Gasteiger partial charge in [0.1, 0.15) is 11.5 Å². The molecule has 0 atom stereocenters. The average Bonchev–Trinajstić information content (AvgIpc) is 2.74. The first kappa shape index (κ1) is 20.4. The summed E-state index contributed by atoms with van der Waals surface area (Å²) < 4.78 is 37.8. The standard InChI is InChI=1S/C22H21NO5S/c1-2-23(18-9-5-3-6-10-18)29(25,26)21-15-13-20(14-16-21)28-22(24)17-27-19-11-7-4-8-12-19/h3-16H,2,17H2,1H3. The number of esters is 1. The van der Waals surface area contributed by atoms with Crippen LogP contribution in [0.3, 0.4) is 0 Å². The zero-order valence-electron chi connectivity index (χ0n) is 15.9. The smallest absolute Gasteiger partial charge is 0.349 e. The van der Waals surface area contributed by atoms with Crippen molar-refractivity contribution in [2.75, 3.05) is 17.5 Å². The number of benzene rings is 3. The minimum Gasteiger partial charge on any atom is -0.482 e. The zero-order chi connectivity index (χ0) is 20.7. The van der Waals surface area contributed by atoms with Gasteiger partial charge in [0.25, 0.3) is 10.0 Å². The third kappa shape index (κ3) is 5.14. The summed E-state index contributed by atoms with van der Waals surface area (Å²) in [7, 11) is -3.73. The van der Waals surface area contributed by atoms with Gasteiger partial charge < -0.3 is 9.47 Å². The normalized spacial score (nSPS) is 10.9. The van der Waals surface area contributed by atoms with E-state index in [-0.39, 0.29) is 17.3 Å². The topological polar surface area (TPSA) is 72.9 Å². The van der Waals surface area contributed by atoms with E-state index in [1.165, 1.54) is 28.6 Å². The number of hydrogen-bond donors (Lipinski definition) is 0. The molecule has 3 aromatic rings. The lowest BCUT2D eigenvalue weighted by atomic mass is 10.3. The van der Waals surface area contributed by atoms with Gasteiger partial charge in [-0.15, -0.1) is 0 Å². The molecule has 0 aliphatic heterocycles. The highest BCUT2D eigenvalue weighted by Gasteiger charge is 2.23. The van der Waals surface area contributed by atoms with Gasteiger partial charge in [-0.05, 0) is 55.5 Å². The molecule has 0 N–H and O–H groups in total. The summed E-state index contributed by atoms with van der Waals surface area (Å²) in [6.45, 7) is 1.81. The Morgan fingerprint density at radius 2 is 1.41 bits per heavy atom. The number of rotatable bonds is 8. The van der Waals surface area contributed by atoms with Crippen LogP contribution in [0.15, 0.2) is 89.8 Å². The Morgan fingerprint density at radius 3 is 2.00 bits per heavy atom. The van der Waals surface area contributed by atoms with E-state index in [1.807, 2.05) is 12.1 Å². The monoisotopic (exact) mass is 411 g/mol. The maximum Gasteiger partial charge on any atom is 0.349 e. The molecule has 6 nitrogen and oxygen atoms in total. The third-order valence-corrected chi connectivity index (χ3v) is 5.99. The lowest BCUT2D eigenvalue weighted by molar-refractivity contribution is -0.136. The van der Waals surface area contributed by atoms with Crippen molar-refractivity contribution in [3.63, 3.8) is 0 Å². The fourth-order valence-corrected chi connectivity index (χ4v) is 4.19. The largest absolute Gasteiger partial charge is 0.482 e. The van der Waals surface area contributed by atoms with Crippen molar-refractivity contribution in [3.05, 3.63) is 84.9 Å². The first-order valence-electron chi connectivity index (χ1n) is 9.07. The lowest BCUT2D eigenvalue weighted by Gasteiger charge is -2.22. The lowest BCUT2D eigenvalue weighted by Crippen LogP contribution is -2.30. The van der Waals surface area contributed by atoms with E-state index in [0.717, 1.165) is 0 Å². The SMILES string of the molecule is CCN(c1ccccc1)S(=O)(=O)c1ccc(OC(=O)COc2ccccc2)cc1. The predicted molar refractivity (Wildman–Crippen MR) is 111 cm³/mol. The molecule has 0 heterocycles. The molecule has 150 valence electrons. The molecule has 7 heteroatoms. The molecule has 0 saturated carbocycles. The Kier molecular flexibility index (Phi) is 6.51. The van der Waals surface area contributed by atoms with Crippen molar-refractivity contribution in [2.45, 2.75) is 11.8 Å². The zero-order valence-corrected chi connectivity index (χ0v) is 16.7. The fraction of sp³-hybridized carbons (Fsp3) is 0.136. The molecule has 0 saturated heterocycles. The van der Waals surface area contributed by atoms with Crippen LogP contribution in [0, 0.1) is 0 Å². The van der Waals surface area contributed by atoms with Crippen LogP contribution in [0.5, 0.6) is 11.5 Å². The molecule has 0 amide bonds. The molecule has 0 bridgehead atoms. The molecule has 3 aromatic carbocycles. The Balaban J connectivity index is 1.66. The van der Waals surface area contributed by atoms with Gasteiger partial charge >= 0.3 is 5.97 Å². The van der Waals surface area contributed by atoms with Crippen molar-refractivity contribution in [3.8, 4) is 11.5 Å². The second kappa shape index (κ2) is 9.25. The van der Waals surface area contributed by atoms with Gasteiger partial charge in [-0.3, -0.25) is 4.31 Å². The highest BCUT2D eigenvalue weighted by atomic mass is 32.2. The molecule has 29 heavy (non-hydrogen) atoms. The Morgan fingerprint density at radius 1 is 0.828 bits per heavy atom. The van der Waals surface area contributed by atoms with Crippen molar-refractivity contribution >= 4 is 21.7 Å². The van der Waals surface area contributed by atoms with Crippen LogP contribution in [-0.2, 0) is 14.8 Å². The Hall–Kier alpha value is -3.32. The van der Waals surface area contributed by atoms with E-state index in [2.05, 4.69) is 0 Å². The van der Waals surface area contributed by atoms with E-state index in [0.29, 0.717) is 18.0 Å². The quantitative estimate of drug-likeness (QED) is 0.415. The number of anilines is 1. The van der Waals surface area contributed by atoms with Crippen LogP contribution in [0.4, 0.5) is 5.69 Å². The van der Waals surface area contributed by atoms with Crippen molar-refractivity contribution < 1.29 is 22.7 Å². The van der Waals surface area contributed by atoms with Crippen molar-refractivity contribution in [2.24, 2.45) is 0 Å². The van der Waals surface area contributed by atoms with Crippen molar-refractivity contribution in [1.82, 2.24) is 0 Å². The molecule has 0 unspecified atom stereocenters. The number of hydrogen-bond acceptors (Lipinski definition) is 5. The Bertz CT molecular complexity index is 1040. The molecule has 0 fully saturated rings. The van der Waals surface area contributed by atoms with Crippen LogP contribution >= 0.6 is 0 Å². The molecular weight excluding hydrogens is 390 g/mol. The van der Waals surface area contributed by atoms with E-state index >= 15 is 0 Å². The number of nitrogens with zero attached hydrogens (tertiary/aromatic N) is 1. The molecule has 0 aromatic heterocycles. The van der Waals surface area contributed by atoms with E-state index in [4.69, 9.17) is 9.47 Å². The highest BCUT2D eigenvalue weighted by Crippen LogP contribution is 2.24. The molecular formula is C22H21NO5S. The van der Waals surface area contributed by atoms with E-state index < -0.39 is 16.0 Å². The van der Waals surface area contributed by atoms with Crippen molar-refractivity contribution in [1.29, 1.82) is 0 Å². The summed E-state index contributed by atoms with van der Waals surface area (Å²) in [5.74, 6) is 0.226. The summed E-state index contributed by atoms with van der Waals surface area (Å²) in [5.41, 5.74) is 0.587. The second-order valence-electron chi connectivity index (χ2n) is 6.05. The average molecular weight is 411 g/mol. The minimum absolute atomic E-state index is 0.114. The van der Waals surface area contributed by atoms with Gasteiger partial charge in [0, 0.05) is 6.54 Å². The minimum atomic E-state index is -3.73.